The fraction of sp³-hybridized carbons (Fsp3) is 0.375. The molecule has 1 heterocycles. The fourth-order valence-electron chi connectivity index (χ4n) is 3.42. The Hall–Kier alpha value is -3.35. The van der Waals surface area contributed by atoms with E-state index in [2.05, 4.69) is 10.4 Å². The van der Waals surface area contributed by atoms with Gasteiger partial charge in [-0.25, -0.2) is 9.80 Å². The zero-order chi connectivity index (χ0) is 22.6. The lowest BCUT2D eigenvalue weighted by atomic mass is 9.98. The largest absolute Gasteiger partial charge is 0.497 e. The molecule has 0 saturated carbocycles. The monoisotopic (exact) mass is 422 g/mol. The molecular weight excluding hydrogens is 392 g/mol. The highest BCUT2D eigenvalue weighted by Gasteiger charge is 2.34. The Balaban J connectivity index is 1.84. The van der Waals surface area contributed by atoms with Crippen molar-refractivity contribution in [3.8, 4) is 5.75 Å². The van der Waals surface area contributed by atoms with Gasteiger partial charge >= 0.3 is 6.03 Å². The van der Waals surface area contributed by atoms with Crippen LogP contribution in [-0.4, -0.2) is 53.8 Å². The van der Waals surface area contributed by atoms with Crippen molar-refractivity contribution in [2.75, 3.05) is 20.7 Å². The molecule has 1 N–H and O–H groups in total. The first kappa shape index (κ1) is 22.3. The molecule has 1 aliphatic rings. The average Bonchev–Trinajstić information content (AvgIpc) is 3.19. The van der Waals surface area contributed by atoms with Gasteiger partial charge in [-0.1, -0.05) is 42.5 Å². The number of methoxy groups -OCH3 is 1. The van der Waals surface area contributed by atoms with Gasteiger partial charge in [0.25, 0.3) is 5.91 Å². The Morgan fingerprint density at radius 1 is 1.16 bits per heavy atom. The summed E-state index contributed by atoms with van der Waals surface area (Å²) in [6.45, 7) is 5.63. The Labute approximate surface area is 183 Å². The quantitative estimate of drug-likeness (QED) is 0.796. The predicted octanol–water partition coefficient (Wildman–Crippen LogP) is 3.81. The molecule has 3 amide bonds. The summed E-state index contributed by atoms with van der Waals surface area (Å²) in [5.74, 6) is 0.498. The summed E-state index contributed by atoms with van der Waals surface area (Å²) in [5, 5.41) is 9.04. The highest BCUT2D eigenvalue weighted by Crippen LogP contribution is 2.33. The van der Waals surface area contributed by atoms with Crippen molar-refractivity contribution in [1.29, 1.82) is 0 Å². The third-order valence-corrected chi connectivity index (χ3v) is 4.95. The molecule has 0 radical (unpaired) electrons. The average molecular weight is 423 g/mol. The summed E-state index contributed by atoms with van der Waals surface area (Å²) in [7, 11) is 3.23. The van der Waals surface area contributed by atoms with E-state index in [0.717, 1.165) is 22.6 Å². The van der Waals surface area contributed by atoms with E-state index < -0.39 is 0 Å². The van der Waals surface area contributed by atoms with Crippen LogP contribution in [0.3, 0.4) is 0 Å². The molecule has 2 aromatic rings. The molecule has 2 aromatic carbocycles. The molecule has 7 nitrogen and oxygen atoms in total. The summed E-state index contributed by atoms with van der Waals surface area (Å²) < 4.78 is 5.33. The lowest BCUT2D eigenvalue weighted by molar-refractivity contribution is -0.133. The van der Waals surface area contributed by atoms with Gasteiger partial charge in [-0.2, -0.15) is 5.10 Å². The van der Waals surface area contributed by atoms with Gasteiger partial charge in [0.05, 0.1) is 18.9 Å². The molecular formula is C24H30N4O3. The first-order chi connectivity index (χ1) is 14.7. The zero-order valence-corrected chi connectivity index (χ0v) is 18.8. The minimum absolute atomic E-state index is 0.0693. The second-order valence-electron chi connectivity index (χ2n) is 8.68. The number of carbonyl (C=O) groups is 2. The van der Waals surface area contributed by atoms with E-state index in [4.69, 9.17) is 4.74 Å². The van der Waals surface area contributed by atoms with E-state index in [9.17, 15) is 9.59 Å². The van der Waals surface area contributed by atoms with Crippen LogP contribution >= 0.6 is 0 Å². The standard InChI is InChI=1S/C24H30N4O3/c1-24(2,3)25-23(30)27(4)16-22(29)28-21(17-10-7-6-8-11-17)15-20(26-28)18-12-9-13-19(14-18)31-5/h6-14,21H,15-16H2,1-5H3,(H,25,30)/t21-/m0/s1. The van der Waals surface area contributed by atoms with Crippen molar-refractivity contribution in [1.82, 2.24) is 15.2 Å². The minimum Gasteiger partial charge on any atom is -0.497 e. The minimum atomic E-state index is -0.383. The third-order valence-electron chi connectivity index (χ3n) is 4.95. The first-order valence-corrected chi connectivity index (χ1v) is 10.3. The van der Waals surface area contributed by atoms with Crippen LogP contribution in [0.5, 0.6) is 5.75 Å². The van der Waals surface area contributed by atoms with Crippen molar-refractivity contribution in [3.63, 3.8) is 0 Å². The van der Waals surface area contributed by atoms with Crippen LogP contribution in [0, 0.1) is 0 Å². The van der Waals surface area contributed by atoms with Gasteiger partial charge in [0, 0.05) is 24.6 Å². The number of hydrogen-bond donors (Lipinski definition) is 1. The van der Waals surface area contributed by atoms with Crippen molar-refractivity contribution in [2.24, 2.45) is 5.10 Å². The smallest absolute Gasteiger partial charge is 0.318 e. The number of likely N-dealkylation sites (N-methyl/N-ethyl adjacent to an activating group) is 1. The number of rotatable bonds is 5. The number of nitrogens with zero attached hydrogens (tertiary/aromatic N) is 3. The van der Waals surface area contributed by atoms with Crippen LogP contribution in [0.25, 0.3) is 0 Å². The summed E-state index contributed by atoms with van der Waals surface area (Å²) in [6.07, 6.45) is 0.584. The maximum absolute atomic E-state index is 13.2. The fourth-order valence-corrected chi connectivity index (χ4v) is 3.42. The molecule has 164 valence electrons. The zero-order valence-electron chi connectivity index (χ0n) is 18.8. The van der Waals surface area contributed by atoms with E-state index in [1.54, 1.807) is 14.2 Å². The molecule has 0 unspecified atom stereocenters. The van der Waals surface area contributed by atoms with E-state index in [1.165, 1.54) is 9.91 Å². The van der Waals surface area contributed by atoms with Crippen LogP contribution in [0.2, 0.25) is 0 Å². The van der Waals surface area contributed by atoms with Crippen LogP contribution in [0.1, 0.15) is 44.4 Å². The van der Waals surface area contributed by atoms with Crippen LogP contribution in [0.15, 0.2) is 59.7 Å². The van der Waals surface area contributed by atoms with Gasteiger partial charge in [-0.15, -0.1) is 0 Å². The summed E-state index contributed by atoms with van der Waals surface area (Å²) in [6, 6.07) is 17.0. The van der Waals surface area contributed by atoms with Gasteiger partial charge in [0.15, 0.2) is 0 Å². The molecule has 0 aliphatic carbocycles. The molecule has 0 fully saturated rings. The number of nitrogens with one attached hydrogen (secondary N) is 1. The van der Waals surface area contributed by atoms with Crippen molar-refractivity contribution >= 4 is 17.6 Å². The van der Waals surface area contributed by atoms with E-state index in [-0.39, 0.29) is 30.1 Å². The Bertz CT molecular complexity index is 966. The molecule has 31 heavy (non-hydrogen) atoms. The number of amides is 3. The molecule has 0 saturated heterocycles. The number of carbonyl (C=O) groups excluding carboxylic acids is 2. The number of hydrazone groups is 1. The van der Waals surface area contributed by atoms with E-state index >= 15 is 0 Å². The highest BCUT2D eigenvalue weighted by molar-refractivity contribution is 6.03. The van der Waals surface area contributed by atoms with Gasteiger partial charge in [0.1, 0.15) is 12.3 Å². The van der Waals surface area contributed by atoms with Gasteiger partial charge < -0.3 is 15.0 Å². The molecule has 3 rings (SSSR count). The highest BCUT2D eigenvalue weighted by atomic mass is 16.5. The van der Waals surface area contributed by atoms with Crippen LogP contribution < -0.4 is 10.1 Å². The Kier molecular flexibility index (Phi) is 6.63. The van der Waals surface area contributed by atoms with E-state index in [1.807, 2.05) is 75.4 Å². The second-order valence-corrected chi connectivity index (χ2v) is 8.68. The predicted molar refractivity (Wildman–Crippen MR) is 121 cm³/mol. The topological polar surface area (TPSA) is 74.2 Å². The summed E-state index contributed by atoms with van der Waals surface area (Å²) in [5.41, 5.74) is 2.34. The molecule has 0 spiro atoms. The maximum Gasteiger partial charge on any atom is 0.318 e. The second kappa shape index (κ2) is 9.20. The molecule has 0 aromatic heterocycles. The SMILES string of the molecule is COc1cccc(C2=NN(C(=O)CN(C)C(=O)NC(C)(C)C)[C@H](c3ccccc3)C2)c1. The van der Waals surface area contributed by atoms with Crippen molar-refractivity contribution in [2.45, 2.75) is 38.8 Å². The van der Waals surface area contributed by atoms with Gasteiger partial charge in [-0.3, -0.25) is 4.79 Å². The van der Waals surface area contributed by atoms with Crippen molar-refractivity contribution in [3.05, 3.63) is 65.7 Å². The lowest BCUT2D eigenvalue weighted by Gasteiger charge is -2.27. The number of urea groups is 1. The molecule has 1 atom stereocenters. The Morgan fingerprint density at radius 3 is 2.52 bits per heavy atom. The van der Waals surface area contributed by atoms with Crippen LogP contribution in [0.4, 0.5) is 4.79 Å². The first-order valence-electron chi connectivity index (χ1n) is 10.3. The van der Waals surface area contributed by atoms with Crippen LogP contribution in [-0.2, 0) is 4.79 Å². The number of ether oxygens (including phenoxy) is 1. The molecule has 0 bridgehead atoms. The molecule has 1 aliphatic heterocycles. The third kappa shape index (κ3) is 5.63. The maximum atomic E-state index is 13.2. The normalized spacial score (nSPS) is 16.0. The van der Waals surface area contributed by atoms with E-state index in [0.29, 0.717) is 6.42 Å². The van der Waals surface area contributed by atoms with Gasteiger partial charge in [-0.05, 0) is 38.5 Å². The number of benzene rings is 2. The number of hydrogen-bond acceptors (Lipinski definition) is 4. The lowest BCUT2D eigenvalue weighted by Crippen LogP contribution is -2.49. The summed E-state index contributed by atoms with van der Waals surface area (Å²) >= 11 is 0. The van der Waals surface area contributed by atoms with Gasteiger partial charge in [0.2, 0.25) is 0 Å². The van der Waals surface area contributed by atoms with Crippen molar-refractivity contribution < 1.29 is 14.3 Å². The summed E-state index contributed by atoms with van der Waals surface area (Å²) in [4.78, 5) is 27.0. The Morgan fingerprint density at radius 2 is 1.87 bits per heavy atom. The molecule has 7 heteroatoms.